The summed E-state index contributed by atoms with van der Waals surface area (Å²) in [4.78, 5) is 4.92. The quantitative estimate of drug-likeness (QED) is 0.299. The first kappa shape index (κ1) is 22.5. The van der Waals surface area contributed by atoms with Crippen molar-refractivity contribution >= 4 is 26.6 Å². The molecule has 3 aromatic heterocycles. The van der Waals surface area contributed by atoms with E-state index in [9.17, 15) is 8.42 Å². The second-order valence-corrected chi connectivity index (χ2v) is 11.1. The molecular weight excluding hydrogens is 468 g/mol. The van der Waals surface area contributed by atoms with E-state index in [1.807, 2.05) is 13.2 Å². The minimum Gasteiger partial charge on any atom is -0.275 e. The lowest BCUT2D eigenvalue weighted by Gasteiger charge is -2.22. The molecule has 1 aliphatic rings. The Morgan fingerprint density at radius 1 is 0.917 bits per heavy atom. The molecule has 6 nitrogen and oxygen atoms in total. The highest BCUT2D eigenvalue weighted by Gasteiger charge is 2.24. The third-order valence-electron chi connectivity index (χ3n) is 6.98. The molecule has 0 aliphatic heterocycles. The second-order valence-electron chi connectivity index (χ2n) is 9.27. The first-order valence-electron chi connectivity index (χ1n) is 12.1. The maximum atomic E-state index is 13.5. The number of hydrogen-bond acceptors (Lipinski definition) is 4. The second kappa shape index (κ2) is 8.91. The van der Waals surface area contributed by atoms with Crippen molar-refractivity contribution in [2.24, 2.45) is 7.05 Å². The van der Waals surface area contributed by atoms with E-state index in [0.29, 0.717) is 11.6 Å². The Kier molecular flexibility index (Phi) is 5.57. The van der Waals surface area contributed by atoms with Gasteiger partial charge in [-0.05, 0) is 60.1 Å². The molecule has 0 N–H and O–H groups in total. The van der Waals surface area contributed by atoms with Gasteiger partial charge in [0.25, 0.3) is 10.0 Å². The maximum Gasteiger partial charge on any atom is 0.269 e. The average Bonchev–Trinajstić information content (AvgIpc) is 3.53. The molecule has 2 aromatic carbocycles. The Balaban J connectivity index is 1.44. The lowest BCUT2D eigenvalue weighted by Crippen LogP contribution is -2.12. The maximum absolute atomic E-state index is 13.5. The minimum absolute atomic E-state index is 0.229. The molecule has 0 saturated heterocycles. The van der Waals surface area contributed by atoms with Crippen LogP contribution in [0.4, 0.5) is 0 Å². The summed E-state index contributed by atoms with van der Waals surface area (Å²) in [5.74, 6) is 0.523. The van der Waals surface area contributed by atoms with Crippen LogP contribution in [0.3, 0.4) is 0 Å². The summed E-state index contributed by atoms with van der Waals surface area (Å²) in [5, 5.41) is 5.10. The fourth-order valence-corrected chi connectivity index (χ4v) is 6.40. The van der Waals surface area contributed by atoms with E-state index < -0.39 is 10.0 Å². The summed E-state index contributed by atoms with van der Waals surface area (Å²) >= 11 is 0. The van der Waals surface area contributed by atoms with Crippen molar-refractivity contribution in [3.63, 3.8) is 0 Å². The minimum atomic E-state index is -3.81. The van der Waals surface area contributed by atoms with Crippen molar-refractivity contribution in [2.75, 3.05) is 0 Å². The zero-order valence-electron chi connectivity index (χ0n) is 19.9. The zero-order chi connectivity index (χ0) is 24.7. The van der Waals surface area contributed by atoms with Crippen molar-refractivity contribution in [3.05, 3.63) is 109 Å². The molecule has 1 unspecified atom stereocenters. The fraction of sp³-hybridized carbons (Fsp3) is 0.172. The molecule has 0 radical (unpaired) electrons. The number of benzene rings is 2. The number of rotatable bonds is 5. The summed E-state index contributed by atoms with van der Waals surface area (Å²) in [6.07, 6.45) is 12.4. The Bertz CT molecular complexity index is 1680. The average molecular weight is 495 g/mol. The summed E-state index contributed by atoms with van der Waals surface area (Å²) in [6, 6.07) is 21.2. The van der Waals surface area contributed by atoms with Gasteiger partial charge in [-0.15, -0.1) is 0 Å². The van der Waals surface area contributed by atoms with Gasteiger partial charge in [0.2, 0.25) is 0 Å². The van der Waals surface area contributed by atoms with Crippen LogP contribution in [0.5, 0.6) is 0 Å². The summed E-state index contributed by atoms with van der Waals surface area (Å²) in [6.45, 7) is 0. The van der Waals surface area contributed by atoms with Gasteiger partial charge in [-0.2, -0.15) is 5.10 Å². The van der Waals surface area contributed by atoms with E-state index in [1.54, 1.807) is 53.6 Å². The molecule has 0 spiro atoms. The molecule has 7 heteroatoms. The van der Waals surface area contributed by atoms with E-state index >= 15 is 0 Å². The van der Waals surface area contributed by atoms with Gasteiger partial charge >= 0.3 is 0 Å². The molecule has 0 bridgehead atoms. The van der Waals surface area contributed by atoms with Crippen molar-refractivity contribution < 1.29 is 8.42 Å². The first-order chi connectivity index (χ1) is 17.5. The number of pyridine rings is 1. The standard InChI is InChI=1S/C29H26N4O2S/c1-32-19-25(18-31-32)28-20-33(36(34,35)26-10-6-3-7-11-26)29-27(28)16-24(17-30-29)23-14-12-22(13-15-23)21-8-4-2-5-9-21/h2-11,14,16-20,22H,12-13,15H2,1H3. The van der Waals surface area contributed by atoms with Gasteiger partial charge in [0.1, 0.15) is 0 Å². The Morgan fingerprint density at radius 2 is 1.67 bits per heavy atom. The Hall–Kier alpha value is -3.97. The monoisotopic (exact) mass is 494 g/mol. The normalized spacial score (nSPS) is 16.2. The summed E-state index contributed by atoms with van der Waals surface area (Å²) in [7, 11) is -1.96. The van der Waals surface area contributed by atoms with Gasteiger partial charge in [0.15, 0.2) is 5.65 Å². The fourth-order valence-electron chi connectivity index (χ4n) is 5.06. The molecule has 6 rings (SSSR count). The van der Waals surface area contributed by atoms with Crippen LogP contribution < -0.4 is 0 Å². The molecule has 36 heavy (non-hydrogen) atoms. The van der Waals surface area contributed by atoms with Crippen LogP contribution in [0.2, 0.25) is 0 Å². The molecule has 0 saturated carbocycles. The summed E-state index contributed by atoms with van der Waals surface area (Å²) < 4.78 is 30.1. The third kappa shape index (κ3) is 3.95. The van der Waals surface area contributed by atoms with Gasteiger partial charge < -0.3 is 0 Å². The molecule has 0 amide bonds. The van der Waals surface area contributed by atoms with Gasteiger partial charge in [0, 0.05) is 42.2 Å². The summed E-state index contributed by atoms with van der Waals surface area (Å²) in [5.41, 5.74) is 5.74. The lowest BCUT2D eigenvalue weighted by molar-refractivity contribution is 0.589. The van der Waals surface area contributed by atoms with E-state index in [-0.39, 0.29) is 4.90 Å². The van der Waals surface area contributed by atoms with E-state index in [2.05, 4.69) is 47.6 Å². The number of aromatic nitrogens is 4. The highest BCUT2D eigenvalue weighted by atomic mass is 32.2. The highest BCUT2D eigenvalue weighted by molar-refractivity contribution is 7.90. The third-order valence-corrected chi connectivity index (χ3v) is 8.64. The first-order valence-corrected chi connectivity index (χ1v) is 13.5. The zero-order valence-corrected chi connectivity index (χ0v) is 20.8. The molecular formula is C29H26N4O2S. The van der Waals surface area contributed by atoms with Crippen LogP contribution >= 0.6 is 0 Å². The Labute approximate surface area is 210 Å². The van der Waals surface area contributed by atoms with E-state index in [1.165, 1.54) is 15.1 Å². The highest BCUT2D eigenvalue weighted by Crippen LogP contribution is 2.38. The van der Waals surface area contributed by atoms with Crippen LogP contribution in [0, 0.1) is 0 Å². The largest absolute Gasteiger partial charge is 0.275 e. The number of nitrogens with zero attached hydrogens (tertiary/aromatic N) is 4. The van der Waals surface area contributed by atoms with Crippen LogP contribution in [-0.2, 0) is 17.1 Å². The SMILES string of the molecule is Cn1cc(-c2cn(S(=O)(=O)c3ccccc3)c3ncc(C4=CCC(c5ccccc5)CC4)cc23)cn1. The number of fused-ring (bicyclic) bond motifs is 1. The molecule has 3 heterocycles. The Morgan fingerprint density at radius 3 is 2.33 bits per heavy atom. The van der Waals surface area contributed by atoms with Gasteiger partial charge in [-0.3, -0.25) is 4.68 Å². The van der Waals surface area contributed by atoms with Crippen LogP contribution in [0.1, 0.15) is 36.3 Å². The van der Waals surface area contributed by atoms with Crippen molar-refractivity contribution in [2.45, 2.75) is 30.1 Å². The topological polar surface area (TPSA) is 69.8 Å². The molecule has 1 atom stereocenters. The number of allylic oxidation sites excluding steroid dienone is 2. The molecule has 0 fully saturated rings. The van der Waals surface area contributed by atoms with Crippen molar-refractivity contribution in [3.8, 4) is 11.1 Å². The van der Waals surface area contributed by atoms with Crippen molar-refractivity contribution in [1.82, 2.24) is 18.7 Å². The molecule has 1 aliphatic carbocycles. The van der Waals surface area contributed by atoms with Gasteiger partial charge in [-0.25, -0.2) is 17.4 Å². The number of hydrogen-bond donors (Lipinski definition) is 0. The van der Waals surface area contributed by atoms with Crippen LogP contribution in [0.15, 0.2) is 102 Å². The predicted molar refractivity (Wildman–Crippen MR) is 142 cm³/mol. The number of aryl methyl sites for hydroxylation is 1. The smallest absolute Gasteiger partial charge is 0.269 e. The van der Waals surface area contributed by atoms with Crippen LogP contribution in [-0.4, -0.2) is 27.2 Å². The van der Waals surface area contributed by atoms with Crippen LogP contribution in [0.25, 0.3) is 27.7 Å². The van der Waals surface area contributed by atoms with Gasteiger partial charge in [0.05, 0.1) is 11.1 Å². The molecule has 180 valence electrons. The lowest BCUT2D eigenvalue weighted by atomic mass is 9.83. The van der Waals surface area contributed by atoms with E-state index in [0.717, 1.165) is 41.3 Å². The predicted octanol–water partition coefficient (Wildman–Crippen LogP) is 6.02. The molecule has 5 aromatic rings. The van der Waals surface area contributed by atoms with Gasteiger partial charge in [-0.1, -0.05) is 54.6 Å². The van der Waals surface area contributed by atoms with Crippen molar-refractivity contribution in [1.29, 1.82) is 0 Å². The van der Waals surface area contributed by atoms with E-state index in [4.69, 9.17) is 4.98 Å².